The van der Waals surface area contributed by atoms with E-state index in [0.717, 1.165) is 20.7 Å². The van der Waals surface area contributed by atoms with E-state index in [0.29, 0.717) is 6.54 Å². The molecule has 0 spiro atoms. The van der Waals surface area contributed by atoms with E-state index in [1.165, 1.54) is 0 Å². The molecule has 3 nitrogen and oxygen atoms in total. The van der Waals surface area contributed by atoms with Gasteiger partial charge in [-0.25, -0.2) is 0 Å². The number of hydrogen-bond acceptors (Lipinski definition) is 1. The molecule has 0 unspecified atom stereocenters. The van der Waals surface area contributed by atoms with Crippen LogP contribution in [-0.2, 0) is 4.79 Å². The highest BCUT2D eigenvalue weighted by Gasteiger charge is 2.12. The summed E-state index contributed by atoms with van der Waals surface area (Å²) in [4.78, 5) is 12.0. The molecule has 0 fully saturated rings. The van der Waals surface area contributed by atoms with Crippen molar-refractivity contribution in [2.24, 2.45) is 0 Å². The fourth-order valence-corrected chi connectivity index (χ4v) is 2.46. The van der Waals surface area contributed by atoms with Crippen molar-refractivity contribution in [2.45, 2.75) is 13.0 Å². The Balaban J connectivity index is 1.86. The van der Waals surface area contributed by atoms with Crippen LogP contribution in [0.25, 0.3) is 0 Å². The minimum atomic E-state index is -0.0253. The van der Waals surface area contributed by atoms with Gasteiger partial charge in [-0.05, 0) is 47.1 Å². The van der Waals surface area contributed by atoms with E-state index in [1.54, 1.807) is 0 Å². The fourth-order valence-electron chi connectivity index (χ4n) is 1.95. The van der Waals surface area contributed by atoms with Gasteiger partial charge in [0.15, 0.2) is 6.54 Å². The first-order valence-corrected chi connectivity index (χ1v) is 7.86. The van der Waals surface area contributed by atoms with Gasteiger partial charge in [-0.2, -0.15) is 0 Å². The summed E-state index contributed by atoms with van der Waals surface area (Å²) >= 11 is 9.28. The average Bonchev–Trinajstić information content (AvgIpc) is 2.48. The van der Waals surface area contributed by atoms with Crippen LogP contribution in [0.15, 0.2) is 53.0 Å². The maximum absolute atomic E-state index is 12.0. The molecule has 0 bridgehead atoms. The highest BCUT2D eigenvalue weighted by Crippen LogP contribution is 2.20. The molecule has 3 N–H and O–H groups in total. The van der Waals surface area contributed by atoms with Crippen molar-refractivity contribution in [1.82, 2.24) is 0 Å². The molecule has 0 saturated carbocycles. The molecule has 2 aromatic carbocycles. The molecule has 0 saturated heterocycles. The number of para-hydroxylation sites is 1. The Morgan fingerprint density at radius 1 is 1.24 bits per heavy atom. The van der Waals surface area contributed by atoms with Gasteiger partial charge >= 0.3 is 0 Å². The molecule has 21 heavy (non-hydrogen) atoms. The van der Waals surface area contributed by atoms with Gasteiger partial charge in [-0.3, -0.25) is 4.79 Å². The number of nitrogens with one attached hydrogen (secondary N) is 1. The summed E-state index contributed by atoms with van der Waals surface area (Å²) in [5.41, 5.74) is 1.93. The zero-order valence-corrected chi connectivity index (χ0v) is 14.0. The molecule has 1 amide bonds. The third kappa shape index (κ3) is 4.84. The topological polar surface area (TPSA) is 45.7 Å². The Kier molecular flexibility index (Phi) is 5.79. The molecule has 2 aromatic rings. The van der Waals surface area contributed by atoms with Crippen LogP contribution in [0.2, 0.25) is 5.02 Å². The van der Waals surface area contributed by atoms with Crippen molar-refractivity contribution >= 4 is 39.1 Å². The van der Waals surface area contributed by atoms with Gasteiger partial charge in [0.1, 0.15) is 6.04 Å². The molecule has 1 atom stereocenters. The van der Waals surface area contributed by atoms with Crippen molar-refractivity contribution in [3.8, 4) is 0 Å². The summed E-state index contributed by atoms with van der Waals surface area (Å²) in [5, 5.41) is 5.60. The van der Waals surface area contributed by atoms with Crippen LogP contribution in [0, 0.1) is 0 Å². The fraction of sp³-hybridized carbons (Fsp3) is 0.188. The molecule has 0 aliphatic rings. The molecule has 0 radical (unpaired) electrons. The van der Waals surface area contributed by atoms with E-state index in [4.69, 9.17) is 11.6 Å². The number of benzene rings is 2. The second-order valence-electron chi connectivity index (χ2n) is 4.81. The van der Waals surface area contributed by atoms with Crippen molar-refractivity contribution in [2.75, 3.05) is 11.9 Å². The number of quaternary nitrogens is 1. The Labute approximate surface area is 137 Å². The Morgan fingerprint density at radius 3 is 2.57 bits per heavy atom. The third-order valence-electron chi connectivity index (χ3n) is 3.20. The van der Waals surface area contributed by atoms with E-state index in [1.807, 2.05) is 53.8 Å². The maximum atomic E-state index is 12.0. The van der Waals surface area contributed by atoms with E-state index < -0.39 is 0 Å². The Hall–Kier alpha value is -1.36. The SMILES string of the molecule is C[C@H]([NH2+]CC(=O)Nc1ccccc1Br)c1ccc(Cl)cc1. The van der Waals surface area contributed by atoms with Gasteiger partial charge in [0.25, 0.3) is 5.91 Å². The van der Waals surface area contributed by atoms with Gasteiger partial charge < -0.3 is 10.6 Å². The number of hydrogen-bond donors (Lipinski definition) is 2. The summed E-state index contributed by atoms with van der Waals surface area (Å²) in [6, 6.07) is 15.5. The lowest BCUT2D eigenvalue weighted by molar-refractivity contribution is -0.682. The summed E-state index contributed by atoms with van der Waals surface area (Å²) in [6.45, 7) is 2.43. The van der Waals surface area contributed by atoms with Gasteiger partial charge in [0.05, 0.1) is 5.69 Å². The molecular weight excluding hydrogens is 352 g/mol. The first-order valence-electron chi connectivity index (χ1n) is 6.69. The molecule has 0 aliphatic heterocycles. The highest BCUT2D eigenvalue weighted by atomic mass is 79.9. The summed E-state index contributed by atoms with van der Waals surface area (Å²) in [5.74, 6) is -0.0253. The minimum Gasteiger partial charge on any atom is -0.333 e. The van der Waals surface area contributed by atoms with Gasteiger partial charge in [-0.1, -0.05) is 35.9 Å². The molecule has 0 aromatic heterocycles. The van der Waals surface area contributed by atoms with E-state index in [-0.39, 0.29) is 11.9 Å². The van der Waals surface area contributed by atoms with Gasteiger partial charge in [0, 0.05) is 15.1 Å². The van der Waals surface area contributed by atoms with Crippen LogP contribution in [-0.4, -0.2) is 12.5 Å². The minimum absolute atomic E-state index is 0.0253. The number of halogens is 2. The third-order valence-corrected chi connectivity index (χ3v) is 4.14. The summed E-state index contributed by atoms with van der Waals surface area (Å²) in [7, 11) is 0. The second-order valence-corrected chi connectivity index (χ2v) is 6.10. The van der Waals surface area contributed by atoms with Crippen molar-refractivity contribution in [3.05, 3.63) is 63.6 Å². The van der Waals surface area contributed by atoms with Crippen LogP contribution < -0.4 is 10.6 Å². The van der Waals surface area contributed by atoms with Crippen molar-refractivity contribution in [1.29, 1.82) is 0 Å². The first kappa shape index (κ1) is 16.0. The number of carbonyl (C=O) groups excluding carboxylic acids is 1. The summed E-state index contributed by atoms with van der Waals surface area (Å²) < 4.78 is 0.879. The lowest BCUT2D eigenvalue weighted by Gasteiger charge is -2.11. The average molecular weight is 369 g/mol. The monoisotopic (exact) mass is 367 g/mol. The number of rotatable bonds is 5. The lowest BCUT2D eigenvalue weighted by atomic mass is 10.1. The molecular formula is C16H17BrClN2O+. The number of amides is 1. The van der Waals surface area contributed by atoms with E-state index >= 15 is 0 Å². The maximum Gasteiger partial charge on any atom is 0.279 e. The van der Waals surface area contributed by atoms with Crippen molar-refractivity contribution in [3.63, 3.8) is 0 Å². The van der Waals surface area contributed by atoms with Crippen LogP contribution >= 0.6 is 27.5 Å². The number of carbonyl (C=O) groups is 1. The zero-order valence-electron chi connectivity index (χ0n) is 11.6. The molecule has 0 aliphatic carbocycles. The van der Waals surface area contributed by atoms with Crippen LogP contribution in [0.4, 0.5) is 5.69 Å². The smallest absolute Gasteiger partial charge is 0.279 e. The lowest BCUT2D eigenvalue weighted by Crippen LogP contribution is -2.86. The number of nitrogens with two attached hydrogens (primary N) is 1. The molecule has 0 heterocycles. The predicted molar refractivity (Wildman–Crippen MR) is 89.4 cm³/mol. The number of anilines is 1. The Bertz CT molecular complexity index is 616. The molecule has 5 heteroatoms. The van der Waals surface area contributed by atoms with Crippen molar-refractivity contribution < 1.29 is 10.1 Å². The van der Waals surface area contributed by atoms with Gasteiger partial charge in [-0.15, -0.1) is 0 Å². The standard InChI is InChI=1S/C16H16BrClN2O/c1-11(12-6-8-13(18)9-7-12)19-10-16(21)20-15-5-3-2-4-14(15)17/h2-9,11,19H,10H2,1H3,(H,20,21)/p+1/t11-/m0/s1. The highest BCUT2D eigenvalue weighted by molar-refractivity contribution is 9.10. The van der Waals surface area contributed by atoms with Crippen LogP contribution in [0.1, 0.15) is 18.5 Å². The zero-order chi connectivity index (χ0) is 15.2. The quantitative estimate of drug-likeness (QED) is 0.835. The normalized spacial score (nSPS) is 12.0. The Morgan fingerprint density at radius 2 is 1.90 bits per heavy atom. The summed E-state index contributed by atoms with van der Waals surface area (Å²) in [6.07, 6.45) is 0. The largest absolute Gasteiger partial charge is 0.333 e. The van der Waals surface area contributed by atoms with Crippen LogP contribution in [0.5, 0.6) is 0 Å². The van der Waals surface area contributed by atoms with E-state index in [9.17, 15) is 4.79 Å². The van der Waals surface area contributed by atoms with E-state index in [2.05, 4.69) is 28.2 Å². The van der Waals surface area contributed by atoms with Gasteiger partial charge in [0.2, 0.25) is 0 Å². The molecule has 110 valence electrons. The predicted octanol–water partition coefficient (Wildman–Crippen LogP) is 3.37. The first-order chi connectivity index (χ1) is 10.1. The van der Waals surface area contributed by atoms with Crippen LogP contribution in [0.3, 0.4) is 0 Å². The molecule has 2 rings (SSSR count). The second kappa shape index (κ2) is 7.59.